The van der Waals surface area contributed by atoms with Crippen molar-refractivity contribution in [2.45, 2.75) is 20.3 Å². The minimum absolute atomic E-state index is 0.121. The lowest BCUT2D eigenvalue weighted by Gasteiger charge is -2.21. The summed E-state index contributed by atoms with van der Waals surface area (Å²) in [5, 5.41) is 4.83. The highest BCUT2D eigenvalue weighted by atomic mass is 35.5. The fourth-order valence-electron chi connectivity index (χ4n) is 3.60. The molecule has 0 radical (unpaired) electrons. The van der Waals surface area contributed by atoms with Crippen molar-refractivity contribution in [1.29, 1.82) is 0 Å². The third-order valence-corrected chi connectivity index (χ3v) is 5.87. The number of halogens is 1. The number of benzene rings is 3. The number of hydrogen-bond acceptors (Lipinski definition) is 6. The Bertz CT molecular complexity index is 1590. The number of amides is 3. The average molecular weight is 516 g/mol. The molecule has 8 nitrogen and oxygen atoms in total. The van der Waals surface area contributed by atoms with Gasteiger partial charge in [-0.1, -0.05) is 59.6 Å². The number of carbonyl (C=O) groups excluding carboxylic acids is 3. The molecular formula is C28H22ClN3O5. The Hall–Kier alpha value is -4.56. The Morgan fingerprint density at radius 3 is 2.35 bits per heavy atom. The van der Waals surface area contributed by atoms with Crippen molar-refractivity contribution < 1.29 is 18.8 Å². The second-order valence-corrected chi connectivity index (χ2v) is 8.65. The highest BCUT2D eigenvalue weighted by molar-refractivity contribution is 6.36. The van der Waals surface area contributed by atoms with Crippen LogP contribution in [0.4, 0.5) is 5.69 Å². The molecule has 9 heteroatoms. The maximum absolute atomic E-state index is 13.3. The van der Waals surface area contributed by atoms with E-state index in [2.05, 4.69) is 10.5 Å². The number of rotatable bonds is 6. The van der Waals surface area contributed by atoms with Crippen LogP contribution >= 0.6 is 11.6 Å². The second kappa shape index (κ2) is 11.0. The van der Waals surface area contributed by atoms with Crippen molar-refractivity contribution >= 4 is 51.7 Å². The molecule has 0 aliphatic rings. The zero-order chi connectivity index (χ0) is 26.5. The molecule has 3 aromatic carbocycles. The minimum atomic E-state index is -0.774. The molecule has 3 amide bonds. The van der Waals surface area contributed by atoms with Gasteiger partial charge < -0.3 is 4.42 Å². The van der Waals surface area contributed by atoms with E-state index in [1.807, 2.05) is 6.92 Å². The Balaban J connectivity index is 1.54. The number of para-hydroxylation sites is 1. The molecule has 0 unspecified atom stereocenters. The third-order valence-electron chi connectivity index (χ3n) is 5.54. The lowest BCUT2D eigenvalue weighted by Crippen LogP contribution is -2.39. The number of anilines is 1. The van der Waals surface area contributed by atoms with Crippen LogP contribution in [0.2, 0.25) is 5.02 Å². The van der Waals surface area contributed by atoms with Gasteiger partial charge in [0, 0.05) is 5.39 Å². The van der Waals surface area contributed by atoms with E-state index in [1.54, 1.807) is 72.8 Å². The summed E-state index contributed by atoms with van der Waals surface area (Å²) in [6, 6.07) is 21.7. The summed E-state index contributed by atoms with van der Waals surface area (Å²) in [6.45, 7) is 3.40. The maximum atomic E-state index is 13.3. The normalized spacial score (nSPS) is 11.3. The third kappa shape index (κ3) is 5.82. The fourth-order valence-corrected chi connectivity index (χ4v) is 3.82. The van der Waals surface area contributed by atoms with E-state index in [-0.39, 0.29) is 21.9 Å². The van der Waals surface area contributed by atoms with Crippen molar-refractivity contribution in [3.63, 3.8) is 0 Å². The Morgan fingerprint density at radius 2 is 1.62 bits per heavy atom. The summed E-state index contributed by atoms with van der Waals surface area (Å²) >= 11 is 6.19. The van der Waals surface area contributed by atoms with Gasteiger partial charge >= 0.3 is 5.63 Å². The first-order valence-corrected chi connectivity index (χ1v) is 11.7. The van der Waals surface area contributed by atoms with Gasteiger partial charge in [-0.05, 0) is 50.2 Å². The van der Waals surface area contributed by atoms with Crippen LogP contribution < -0.4 is 16.0 Å². The van der Waals surface area contributed by atoms with Crippen molar-refractivity contribution in [3.8, 4) is 0 Å². The van der Waals surface area contributed by atoms with Crippen molar-refractivity contribution in [2.24, 2.45) is 5.10 Å². The molecule has 4 rings (SSSR count). The van der Waals surface area contributed by atoms with Crippen LogP contribution in [0.25, 0.3) is 11.0 Å². The van der Waals surface area contributed by atoms with E-state index in [1.165, 1.54) is 13.0 Å². The first-order chi connectivity index (χ1) is 17.7. The SMILES string of the molecule is C/C(=N/NC(=O)CC(=O)N(C(=O)c1ccccc1Cl)c1ccc(C)cc1)c1cc2ccccc2oc1=O. The van der Waals surface area contributed by atoms with Crippen LogP contribution in [0.15, 0.2) is 93.2 Å². The Labute approximate surface area is 217 Å². The standard InChI is InChI=1S/C28H22ClN3O5/c1-17-11-13-20(14-12-17)32(27(35)21-8-4-5-9-23(21)29)26(34)16-25(33)31-30-18(2)22-15-19-7-3-6-10-24(19)37-28(22)36/h3-15H,16H2,1-2H3,(H,31,33)/b30-18-. The van der Waals surface area contributed by atoms with Gasteiger partial charge in [0.15, 0.2) is 0 Å². The summed E-state index contributed by atoms with van der Waals surface area (Å²) in [4.78, 5) is 52.3. The van der Waals surface area contributed by atoms with Crippen LogP contribution in [-0.4, -0.2) is 23.4 Å². The lowest BCUT2D eigenvalue weighted by atomic mass is 10.1. The second-order valence-electron chi connectivity index (χ2n) is 8.24. The molecule has 1 aromatic heterocycles. The predicted octanol–water partition coefficient (Wildman–Crippen LogP) is 4.86. The molecule has 0 saturated heterocycles. The van der Waals surface area contributed by atoms with Gasteiger partial charge in [0.05, 0.1) is 27.5 Å². The number of imide groups is 1. The molecule has 37 heavy (non-hydrogen) atoms. The van der Waals surface area contributed by atoms with Gasteiger partial charge in [0.1, 0.15) is 12.0 Å². The van der Waals surface area contributed by atoms with Crippen LogP contribution in [-0.2, 0) is 9.59 Å². The van der Waals surface area contributed by atoms with Crippen LogP contribution in [0, 0.1) is 6.92 Å². The summed E-state index contributed by atoms with van der Waals surface area (Å²) in [5.41, 5.74) is 3.81. The molecule has 1 N–H and O–H groups in total. The molecule has 1 heterocycles. The van der Waals surface area contributed by atoms with Gasteiger partial charge in [-0.15, -0.1) is 0 Å². The van der Waals surface area contributed by atoms with E-state index in [0.717, 1.165) is 10.5 Å². The molecule has 0 bridgehead atoms. The first kappa shape index (κ1) is 25.5. The van der Waals surface area contributed by atoms with Gasteiger partial charge in [-0.2, -0.15) is 5.10 Å². The number of fused-ring (bicyclic) bond motifs is 1. The van der Waals surface area contributed by atoms with Crippen molar-refractivity contribution in [1.82, 2.24) is 5.43 Å². The largest absolute Gasteiger partial charge is 0.422 e. The molecular weight excluding hydrogens is 494 g/mol. The van der Waals surface area contributed by atoms with Crippen LogP contribution in [0.5, 0.6) is 0 Å². The lowest BCUT2D eigenvalue weighted by molar-refractivity contribution is -0.127. The average Bonchev–Trinajstić information content (AvgIpc) is 2.88. The summed E-state index contributed by atoms with van der Waals surface area (Å²) in [6.07, 6.45) is -0.673. The summed E-state index contributed by atoms with van der Waals surface area (Å²) in [7, 11) is 0. The summed E-state index contributed by atoms with van der Waals surface area (Å²) in [5.74, 6) is -2.20. The molecule has 0 fully saturated rings. The monoisotopic (exact) mass is 515 g/mol. The number of nitrogens with zero attached hydrogens (tertiary/aromatic N) is 2. The molecule has 186 valence electrons. The van der Waals surface area contributed by atoms with E-state index in [9.17, 15) is 19.2 Å². The zero-order valence-corrected chi connectivity index (χ0v) is 20.8. The topological polar surface area (TPSA) is 109 Å². The highest BCUT2D eigenvalue weighted by Crippen LogP contribution is 2.23. The highest BCUT2D eigenvalue weighted by Gasteiger charge is 2.27. The van der Waals surface area contributed by atoms with Crippen molar-refractivity contribution in [2.75, 3.05) is 4.90 Å². The van der Waals surface area contributed by atoms with E-state index < -0.39 is 29.8 Å². The Kier molecular flexibility index (Phi) is 7.60. The maximum Gasteiger partial charge on any atom is 0.345 e. The van der Waals surface area contributed by atoms with Gasteiger partial charge in [-0.25, -0.2) is 15.1 Å². The van der Waals surface area contributed by atoms with E-state index in [0.29, 0.717) is 16.7 Å². The minimum Gasteiger partial charge on any atom is -0.422 e. The molecule has 0 aliphatic carbocycles. The van der Waals surface area contributed by atoms with Crippen molar-refractivity contribution in [3.05, 3.63) is 111 Å². The van der Waals surface area contributed by atoms with Gasteiger partial charge in [0.25, 0.3) is 5.91 Å². The number of carbonyl (C=O) groups is 3. The van der Waals surface area contributed by atoms with Gasteiger partial charge in [-0.3, -0.25) is 14.4 Å². The number of hydrazone groups is 1. The molecule has 0 spiro atoms. The molecule has 0 atom stereocenters. The molecule has 4 aromatic rings. The number of hydrogen-bond donors (Lipinski definition) is 1. The van der Waals surface area contributed by atoms with E-state index in [4.69, 9.17) is 16.0 Å². The summed E-state index contributed by atoms with van der Waals surface area (Å²) < 4.78 is 5.29. The van der Waals surface area contributed by atoms with Crippen LogP contribution in [0.3, 0.4) is 0 Å². The molecule has 0 aliphatic heterocycles. The van der Waals surface area contributed by atoms with E-state index >= 15 is 0 Å². The number of aryl methyl sites for hydroxylation is 1. The predicted molar refractivity (Wildman–Crippen MR) is 142 cm³/mol. The smallest absolute Gasteiger partial charge is 0.345 e. The zero-order valence-electron chi connectivity index (χ0n) is 20.0. The first-order valence-electron chi connectivity index (χ1n) is 11.3. The Morgan fingerprint density at radius 1 is 0.946 bits per heavy atom. The fraction of sp³-hybridized carbons (Fsp3) is 0.107. The molecule has 0 saturated carbocycles. The number of nitrogens with one attached hydrogen (secondary N) is 1. The van der Waals surface area contributed by atoms with Gasteiger partial charge in [0.2, 0.25) is 11.8 Å². The van der Waals surface area contributed by atoms with Crippen LogP contribution in [0.1, 0.15) is 34.8 Å². The quantitative estimate of drug-likeness (QED) is 0.171.